The third-order valence-electron chi connectivity index (χ3n) is 7.18. The second-order valence-corrected chi connectivity index (χ2v) is 8.97. The van der Waals surface area contributed by atoms with Gasteiger partial charge in [0.15, 0.2) is 0 Å². The summed E-state index contributed by atoms with van der Waals surface area (Å²) in [6.07, 6.45) is 4.20. The number of nitrogens with zero attached hydrogens (tertiary/aromatic N) is 3. The van der Waals surface area contributed by atoms with Crippen LogP contribution in [0, 0.1) is 0 Å². The summed E-state index contributed by atoms with van der Waals surface area (Å²) in [5.74, 6) is -0.756. The van der Waals surface area contributed by atoms with Crippen molar-refractivity contribution in [2.75, 3.05) is 27.2 Å². The molecule has 3 amide bonds. The predicted octanol–water partition coefficient (Wildman–Crippen LogP) is 2.62. The fraction of sp³-hybridized carbons (Fsp3) is 0.400. The van der Waals surface area contributed by atoms with Crippen molar-refractivity contribution in [3.05, 3.63) is 70.3 Å². The second kappa shape index (κ2) is 7.61. The molecular formula is C25H27N3O3. The first-order chi connectivity index (χ1) is 14.9. The molecule has 1 saturated heterocycles. The fourth-order valence-corrected chi connectivity index (χ4v) is 5.29. The number of imide groups is 1. The maximum absolute atomic E-state index is 13.2. The largest absolute Gasteiger partial charge is 0.337 e. The molecule has 6 heteroatoms. The van der Waals surface area contributed by atoms with Crippen LogP contribution >= 0.6 is 0 Å². The Morgan fingerprint density at radius 1 is 1.00 bits per heavy atom. The van der Waals surface area contributed by atoms with E-state index in [1.165, 1.54) is 18.2 Å². The number of amides is 3. The van der Waals surface area contributed by atoms with Gasteiger partial charge in [-0.3, -0.25) is 24.2 Å². The normalized spacial score (nSPS) is 21.4. The molecule has 1 aliphatic carbocycles. The summed E-state index contributed by atoms with van der Waals surface area (Å²) in [7, 11) is 3.32. The molecule has 31 heavy (non-hydrogen) atoms. The van der Waals surface area contributed by atoms with Crippen molar-refractivity contribution < 1.29 is 14.4 Å². The molecule has 2 aliphatic heterocycles. The van der Waals surface area contributed by atoms with E-state index in [4.69, 9.17) is 0 Å². The Kier molecular flexibility index (Phi) is 4.89. The lowest BCUT2D eigenvalue weighted by molar-refractivity contribution is 0.0555. The van der Waals surface area contributed by atoms with Crippen LogP contribution < -0.4 is 0 Å². The van der Waals surface area contributed by atoms with Gasteiger partial charge in [-0.25, -0.2) is 0 Å². The summed E-state index contributed by atoms with van der Waals surface area (Å²) in [6, 6.07) is 14.2. The van der Waals surface area contributed by atoms with Crippen LogP contribution in [0.5, 0.6) is 0 Å². The van der Waals surface area contributed by atoms with Crippen molar-refractivity contribution in [1.82, 2.24) is 14.7 Å². The average Bonchev–Trinajstić information content (AvgIpc) is 3.33. The van der Waals surface area contributed by atoms with Gasteiger partial charge < -0.3 is 4.90 Å². The van der Waals surface area contributed by atoms with E-state index in [1.54, 1.807) is 18.2 Å². The maximum Gasteiger partial charge on any atom is 0.261 e. The number of rotatable bonds is 3. The lowest BCUT2D eigenvalue weighted by Crippen LogP contribution is -2.51. The van der Waals surface area contributed by atoms with Gasteiger partial charge in [-0.15, -0.1) is 0 Å². The summed E-state index contributed by atoms with van der Waals surface area (Å²) in [6.45, 7) is 1.94. The van der Waals surface area contributed by atoms with E-state index in [0.29, 0.717) is 22.7 Å². The van der Waals surface area contributed by atoms with E-state index >= 15 is 0 Å². The molecule has 2 heterocycles. The Morgan fingerprint density at radius 2 is 1.68 bits per heavy atom. The number of benzene rings is 2. The molecule has 1 atom stereocenters. The van der Waals surface area contributed by atoms with Crippen LogP contribution in [0.15, 0.2) is 42.5 Å². The van der Waals surface area contributed by atoms with Crippen LogP contribution in [-0.4, -0.2) is 71.7 Å². The molecule has 0 bridgehead atoms. The fourth-order valence-electron chi connectivity index (χ4n) is 5.29. The number of likely N-dealkylation sites (N-methyl/N-ethyl adjacent to an activating group) is 1. The van der Waals surface area contributed by atoms with Crippen LogP contribution in [0.3, 0.4) is 0 Å². The van der Waals surface area contributed by atoms with Gasteiger partial charge in [0.1, 0.15) is 0 Å². The van der Waals surface area contributed by atoms with E-state index in [9.17, 15) is 14.4 Å². The number of hydrogen-bond acceptors (Lipinski definition) is 4. The van der Waals surface area contributed by atoms with Crippen LogP contribution in [0.2, 0.25) is 0 Å². The van der Waals surface area contributed by atoms with Crippen molar-refractivity contribution in [2.24, 2.45) is 0 Å². The zero-order valence-electron chi connectivity index (χ0n) is 18.0. The lowest BCUT2D eigenvalue weighted by Gasteiger charge is -2.40. The Labute approximate surface area is 182 Å². The van der Waals surface area contributed by atoms with E-state index < -0.39 is 0 Å². The number of likely N-dealkylation sites (tertiary alicyclic amines) is 1. The van der Waals surface area contributed by atoms with Crippen molar-refractivity contribution in [3.63, 3.8) is 0 Å². The molecule has 0 spiro atoms. The van der Waals surface area contributed by atoms with Crippen molar-refractivity contribution >= 4 is 17.7 Å². The molecule has 5 rings (SSSR count). The third kappa shape index (κ3) is 3.35. The Morgan fingerprint density at radius 3 is 2.39 bits per heavy atom. The highest BCUT2D eigenvalue weighted by Gasteiger charge is 2.35. The first-order valence-electron chi connectivity index (χ1n) is 11.0. The van der Waals surface area contributed by atoms with Crippen molar-refractivity contribution in [3.8, 4) is 0 Å². The summed E-state index contributed by atoms with van der Waals surface area (Å²) >= 11 is 0. The number of piperidine rings is 1. The highest BCUT2D eigenvalue weighted by atomic mass is 16.2. The van der Waals surface area contributed by atoms with Gasteiger partial charge in [-0.05, 0) is 61.6 Å². The topological polar surface area (TPSA) is 60.9 Å². The van der Waals surface area contributed by atoms with Gasteiger partial charge in [0.05, 0.1) is 11.1 Å². The minimum atomic E-state index is -0.345. The van der Waals surface area contributed by atoms with Crippen LogP contribution in [0.25, 0.3) is 0 Å². The first kappa shape index (κ1) is 19.9. The smallest absolute Gasteiger partial charge is 0.261 e. The zero-order chi connectivity index (χ0) is 21.7. The third-order valence-corrected chi connectivity index (χ3v) is 7.18. The van der Waals surface area contributed by atoms with Crippen LogP contribution in [0.1, 0.15) is 55.0 Å². The SMILES string of the molecule is CN1C(=O)c2ccc(C(=O)N(C)C3CCCN(C4Cc5ccccc5C4)C3)cc2C1=O. The quantitative estimate of drug-likeness (QED) is 0.721. The molecule has 0 N–H and O–H groups in total. The van der Waals surface area contributed by atoms with Gasteiger partial charge in [0.2, 0.25) is 0 Å². The van der Waals surface area contributed by atoms with Gasteiger partial charge in [-0.2, -0.15) is 0 Å². The van der Waals surface area contributed by atoms with E-state index in [1.807, 2.05) is 11.9 Å². The van der Waals surface area contributed by atoms with Crippen LogP contribution in [0.4, 0.5) is 0 Å². The predicted molar refractivity (Wildman–Crippen MR) is 117 cm³/mol. The molecule has 3 aliphatic rings. The molecule has 2 aromatic rings. The second-order valence-electron chi connectivity index (χ2n) is 8.97. The number of fused-ring (bicyclic) bond motifs is 2. The number of hydrogen-bond donors (Lipinski definition) is 0. The summed E-state index contributed by atoms with van der Waals surface area (Å²) in [4.78, 5) is 43.1. The van der Waals surface area contributed by atoms with E-state index in [0.717, 1.165) is 43.7 Å². The highest BCUT2D eigenvalue weighted by molar-refractivity contribution is 6.21. The first-order valence-corrected chi connectivity index (χ1v) is 11.0. The molecule has 160 valence electrons. The van der Waals surface area contributed by atoms with Crippen LogP contribution in [-0.2, 0) is 12.8 Å². The maximum atomic E-state index is 13.2. The monoisotopic (exact) mass is 417 g/mol. The molecule has 1 fully saturated rings. The molecule has 0 radical (unpaired) electrons. The molecule has 0 aromatic heterocycles. The van der Waals surface area contributed by atoms with E-state index in [2.05, 4.69) is 29.2 Å². The molecule has 0 saturated carbocycles. The average molecular weight is 418 g/mol. The van der Waals surface area contributed by atoms with Gasteiger partial charge in [0, 0.05) is 38.3 Å². The Balaban J connectivity index is 1.29. The molecule has 1 unspecified atom stereocenters. The Hall–Kier alpha value is -2.99. The Bertz CT molecular complexity index is 1050. The molecule has 2 aromatic carbocycles. The lowest BCUT2D eigenvalue weighted by atomic mass is 9.99. The number of carbonyl (C=O) groups is 3. The van der Waals surface area contributed by atoms with Gasteiger partial charge in [-0.1, -0.05) is 24.3 Å². The standard InChI is InChI=1S/C25H27N3O3/c1-26(23(29)18-9-10-21-22(14-18)25(31)27(2)24(21)30)19-8-5-11-28(15-19)20-12-16-6-3-4-7-17(16)13-20/h3-4,6-7,9-10,14,19-20H,5,8,11-13,15H2,1-2H3. The summed E-state index contributed by atoms with van der Waals surface area (Å²) in [5.41, 5.74) is 4.04. The summed E-state index contributed by atoms with van der Waals surface area (Å²) < 4.78 is 0. The van der Waals surface area contributed by atoms with E-state index in [-0.39, 0.29) is 23.8 Å². The molecule has 6 nitrogen and oxygen atoms in total. The van der Waals surface area contributed by atoms with Gasteiger partial charge >= 0.3 is 0 Å². The highest BCUT2D eigenvalue weighted by Crippen LogP contribution is 2.29. The number of carbonyl (C=O) groups excluding carboxylic acids is 3. The molecular weight excluding hydrogens is 390 g/mol. The van der Waals surface area contributed by atoms with Crippen molar-refractivity contribution in [2.45, 2.75) is 37.8 Å². The van der Waals surface area contributed by atoms with Gasteiger partial charge in [0.25, 0.3) is 17.7 Å². The zero-order valence-corrected chi connectivity index (χ0v) is 18.0. The minimum Gasteiger partial charge on any atom is -0.337 e. The van der Waals surface area contributed by atoms with Crippen molar-refractivity contribution in [1.29, 1.82) is 0 Å². The summed E-state index contributed by atoms with van der Waals surface area (Å²) in [5, 5.41) is 0. The minimum absolute atomic E-state index is 0.0980.